The summed E-state index contributed by atoms with van der Waals surface area (Å²) < 4.78 is 0. The van der Waals surface area contributed by atoms with Crippen molar-refractivity contribution in [3.05, 3.63) is 28.4 Å². The number of carbonyl (C=O) groups is 1. The zero-order valence-corrected chi connectivity index (χ0v) is 11.8. The third kappa shape index (κ3) is 2.98. The fraction of sp³-hybridized carbons (Fsp3) is 0.500. The zero-order chi connectivity index (χ0) is 14.7. The molecule has 0 saturated carbocycles. The Bertz CT molecular complexity index is 515. The van der Waals surface area contributed by atoms with E-state index in [0.717, 1.165) is 0 Å². The first-order valence-corrected chi connectivity index (χ1v) is 6.71. The maximum atomic E-state index is 11.8. The van der Waals surface area contributed by atoms with Crippen LogP contribution in [0.5, 0.6) is 0 Å². The summed E-state index contributed by atoms with van der Waals surface area (Å²) in [4.78, 5) is 29.9. The standard InChI is InChI=1S/C12H15ClN4O3/c1-9(13)12(18)16-7-5-15(6-8-16)11-10(17(19)20)3-2-4-14-11/h2-4,9H,5-8H2,1H3. The summed E-state index contributed by atoms with van der Waals surface area (Å²) in [5.74, 6) is 0.241. The number of nitro groups is 1. The SMILES string of the molecule is CC(Cl)C(=O)N1CCN(c2ncccc2[N+](=O)[O-])CC1. The molecule has 1 aromatic rings. The average Bonchev–Trinajstić information content (AvgIpc) is 2.46. The number of rotatable bonds is 3. The van der Waals surface area contributed by atoms with Gasteiger partial charge in [0.1, 0.15) is 5.38 Å². The Kier molecular flexibility index (Phi) is 4.39. The van der Waals surface area contributed by atoms with Crippen LogP contribution in [0.15, 0.2) is 18.3 Å². The molecule has 0 spiro atoms. The number of hydrogen-bond donors (Lipinski definition) is 0. The first-order chi connectivity index (χ1) is 9.50. The summed E-state index contributed by atoms with van der Waals surface area (Å²) in [6, 6.07) is 2.97. The fourth-order valence-electron chi connectivity index (χ4n) is 2.16. The number of alkyl halides is 1. The first-order valence-electron chi connectivity index (χ1n) is 6.28. The molecule has 1 aromatic heterocycles. The van der Waals surface area contributed by atoms with Gasteiger partial charge in [0.25, 0.3) is 0 Å². The van der Waals surface area contributed by atoms with Crippen molar-refractivity contribution < 1.29 is 9.72 Å². The van der Waals surface area contributed by atoms with Gasteiger partial charge in [0.05, 0.1) is 4.92 Å². The Labute approximate surface area is 121 Å². The molecule has 1 fully saturated rings. The van der Waals surface area contributed by atoms with Crippen LogP contribution in [0, 0.1) is 10.1 Å². The maximum absolute atomic E-state index is 11.8. The van der Waals surface area contributed by atoms with Gasteiger partial charge in [0, 0.05) is 38.4 Å². The van der Waals surface area contributed by atoms with Crippen LogP contribution in [0.3, 0.4) is 0 Å². The Morgan fingerprint density at radius 1 is 1.45 bits per heavy atom. The van der Waals surface area contributed by atoms with E-state index in [-0.39, 0.29) is 11.6 Å². The minimum absolute atomic E-state index is 0.0158. The largest absolute Gasteiger partial charge is 0.347 e. The summed E-state index contributed by atoms with van der Waals surface area (Å²) in [6.45, 7) is 3.63. The second-order valence-corrected chi connectivity index (χ2v) is 5.19. The van der Waals surface area contributed by atoms with Crippen molar-refractivity contribution in [3.8, 4) is 0 Å². The lowest BCUT2D eigenvalue weighted by Gasteiger charge is -2.35. The summed E-state index contributed by atoms with van der Waals surface area (Å²) in [5.41, 5.74) is -0.0158. The average molecular weight is 299 g/mol. The number of pyridine rings is 1. The Morgan fingerprint density at radius 2 is 2.10 bits per heavy atom. The number of aromatic nitrogens is 1. The fourth-order valence-corrected chi connectivity index (χ4v) is 2.30. The topological polar surface area (TPSA) is 79.6 Å². The highest BCUT2D eigenvalue weighted by Gasteiger charge is 2.27. The van der Waals surface area contributed by atoms with Gasteiger partial charge in [-0.15, -0.1) is 11.6 Å². The second-order valence-electron chi connectivity index (χ2n) is 4.53. The van der Waals surface area contributed by atoms with Crippen LogP contribution >= 0.6 is 11.6 Å². The predicted molar refractivity (Wildman–Crippen MR) is 75.0 cm³/mol. The third-order valence-corrected chi connectivity index (χ3v) is 3.38. The van der Waals surface area contributed by atoms with Crippen molar-refractivity contribution in [3.63, 3.8) is 0 Å². The highest BCUT2D eigenvalue weighted by Crippen LogP contribution is 2.25. The van der Waals surface area contributed by atoms with E-state index in [0.29, 0.717) is 32.0 Å². The predicted octanol–water partition coefficient (Wildman–Crippen LogP) is 1.27. The third-order valence-electron chi connectivity index (χ3n) is 3.19. The van der Waals surface area contributed by atoms with Crippen molar-refractivity contribution >= 4 is 29.0 Å². The van der Waals surface area contributed by atoms with Gasteiger partial charge in [0.2, 0.25) is 11.7 Å². The summed E-state index contributed by atoms with van der Waals surface area (Å²) >= 11 is 5.78. The number of carbonyl (C=O) groups excluding carboxylic acids is 1. The monoisotopic (exact) mass is 298 g/mol. The van der Waals surface area contributed by atoms with Gasteiger partial charge in [-0.1, -0.05) is 0 Å². The first kappa shape index (κ1) is 14.5. The molecule has 2 rings (SSSR count). The number of halogens is 1. The van der Waals surface area contributed by atoms with Crippen molar-refractivity contribution in [2.75, 3.05) is 31.1 Å². The number of hydrogen-bond acceptors (Lipinski definition) is 5. The molecule has 2 heterocycles. The van der Waals surface area contributed by atoms with E-state index in [4.69, 9.17) is 11.6 Å². The quantitative estimate of drug-likeness (QED) is 0.477. The van der Waals surface area contributed by atoms with Gasteiger partial charge in [-0.05, 0) is 13.0 Å². The van der Waals surface area contributed by atoms with Crippen LogP contribution in [0.2, 0.25) is 0 Å². The normalized spacial score (nSPS) is 16.9. The van der Waals surface area contributed by atoms with Crippen LogP contribution in [-0.4, -0.2) is 52.3 Å². The molecule has 1 unspecified atom stereocenters. The molecule has 8 heteroatoms. The highest BCUT2D eigenvalue weighted by atomic mass is 35.5. The van der Waals surface area contributed by atoms with Crippen LogP contribution < -0.4 is 4.90 Å². The smallest absolute Gasteiger partial charge is 0.311 e. The van der Waals surface area contributed by atoms with E-state index in [9.17, 15) is 14.9 Å². The molecular formula is C12H15ClN4O3. The minimum atomic E-state index is -0.550. The maximum Gasteiger partial charge on any atom is 0.311 e. The summed E-state index contributed by atoms with van der Waals surface area (Å²) in [7, 11) is 0. The molecule has 1 atom stereocenters. The van der Waals surface area contributed by atoms with Crippen LogP contribution in [-0.2, 0) is 4.79 Å². The molecule has 0 N–H and O–H groups in total. The molecule has 1 amide bonds. The van der Waals surface area contributed by atoms with Crippen molar-refractivity contribution in [1.82, 2.24) is 9.88 Å². The molecule has 20 heavy (non-hydrogen) atoms. The molecule has 0 radical (unpaired) electrons. The van der Waals surface area contributed by atoms with Crippen molar-refractivity contribution in [2.45, 2.75) is 12.3 Å². The van der Waals surface area contributed by atoms with Gasteiger partial charge < -0.3 is 9.80 Å². The van der Waals surface area contributed by atoms with Gasteiger partial charge in [-0.25, -0.2) is 4.98 Å². The minimum Gasteiger partial charge on any atom is -0.347 e. The zero-order valence-electron chi connectivity index (χ0n) is 11.0. The summed E-state index contributed by atoms with van der Waals surface area (Å²) in [6.07, 6.45) is 1.53. The van der Waals surface area contributed by atoms with Gasteiger partial charge in [-0.2, -0.15) is 0 Å². The lowest BCUT2D eigenvalue weighted by atomic mass is 10.2. The Morgan fingerprint density at radius 3 is 2.65 bits per heavy atom. The van der Waals surface area contributed by atoms with Gasteiger partial charge in [-0.3, -0.25) is 14.9 Å². The van der Waals surface area contributed by atoms with E-state index in [2.05, 4.69) is 4.98 Å². The second kappa shape index (κ2) is 6.04. The molecule has 0 aromatic carbocycles. The molecule has 1 saturated heterocycles. The van der Waals surface area contributed by atoms with E-state index < -0.39 is 10.3 Å². The number of piperazine rings is 1. The number of nitrogens with zero attached hydrogens (tertiary/aromatic N) is 4. The lowest BCUT2D eigenvalue weighted by Crippen LogP contribution is -2.50. The van der Waals surface area contributed by atoms with Crippen LogP contribution in [0.25, 0.3) is 0 Å². The molecule has 0 aliphatic carbocycles. The molecule has 0 bridgehead atoms. The van der Waals surface area contributed by atoms with Gasteiger partial charge in [0.15, 0.2) is 0 Å². The molecule has 1 aliphatic rings. The Balaban J connectivity index is 2.08. The van der Waals surface area contributed by atoms with E-state index in [1.807, 2.05) is 4.90 Å². The molecular weight excluding hydrogens is 284 g/mol. The number of anilines is 1. The van der Waals surface area contributed by atoms with E-state index >= 15 is 0 Å². The van der Waals surface area contributed by atoms with Crippen LogP contribution in [0.4, 0.5) is 11.5 Å². The molecule has 1 aliphatic heterocycles. The Hall–Kier alpha value is -1.89. The van der Waals surface area contributed by atoms with Crippen LogP contribution in [0.1, 0.15) is 6.92 Å². The highest BCUT2D eigenvalue weighted by molar-refractivity contribution is 6.30. The molecule has 108 valence electrons. The van der Waals surface area contributed by atoms with Gasteiger partial charge >= 0.3 is 5.69 Å². The van der Waals surface area contributed by atoms with Crippen molar-refractivity contribution in [1.29, 1.82) is 0 Å². The summed E-state index contributed by atoms with van der Waals surface area (Å²) in [5, 5.41) is 10.4. The lowest BCUT2D eigenvalue weighted by molar-refractivity contribution is -0.384. The number of amides is 1. The van der Waals surface area contributed by atoms with E-state index in [1.165, 1.54) is 18.3 Å². The van der Waals surface area contributed by atoms with Crippen molar-refractivity contribution in [2.24, 2.45) is 0 Å². The van der Waals surface area contributed by atoms with E-state index in [1.54, 1.807) is 11.8 Å². The molecule has 7 nitrogen and oxygen atoms in total.